The normalized spacial score (nSPS) is 17.7. The first kappa shape index (κ1) is 11.6. The van der Waals surface area contributed by atoms with E-state index < -0.39 is 0 Å². The molecular formula is C12H17NO2S. The Bertz CT molecular complexity index is 329. The largest absolute Gasteiger partial charge is 0.381 e. The number of ether oxygens (including phenoxy) is 1. The number of nitrogens with zero attached hydrogens (tertiary/aromatic N) is 1. The Labute approximate surface area is 100 Å². The van der Waals surface area contributed by atoms with Crippen molar-refractivity contribution in [2.45, 2.75) is 25.4 Å². The third-order valence-corrected chi connectivity index (χ3v) is 3.91. The minimum Gasteiger partial charge on any atom is -0.381 e. The first-order chi connectivity index (χ1) is 7.79. The van der Waals surface area contributed by atoms with Crippen molar-refractivity contribution in [3.8, 4) is 0 Å². The van der Waals surface area contributed by atoms with Crippen LogP contribution in [-0.4, -0.2) is 37.1 Å². The number of carbonyl (C=O) groups excluding carboxylic acids is 1. The second-order valence-corrected chi connectivity index (χ2v) is 5.10. The van der Waals surface area contributed by atoms with Crippen LogP contribution in [0.5, 0.6) is 0 Å². The van der Waals surface area contributed by atoms with Gasteiger partial charge in [0.05, 0.1) is 12.5 Å². The Morgan fingerprint density at radius 2 is 2.31 bits per heavy atom. The van der Waals surface area contributed by atoms with Crippen molar-refractivity contribution in [2.75, 3.05) is 20.2 Å². The van der Waals surface area contributed by atoms with E-state index in [0.29, 0.717) is 12.5 Å². The van der Waals surface area contributed by atoms with Crippen LogP contribution in [0.15, 0.2) is 17.5 Å². The number of carbonyl (C=O) groups is 1. The predicted molar refractivity (Wildman–Crippen MR) is 64.6 cm³/mol. The second-order valence-electron chi connectivity index (χ2n) is 4.07. The Balaban J connectivity index is 1.82. The third kappa shape index (κ3) is 2.83. The van der Waals surface area contributed by atoms with Crippen molar-refractivity contribution in [1.29, 1.82) is 0 Å². The molecule has 0 atom stereocenters. The lowest BCUT2D eigenvalue weighted by molar-refractivity contribution is -0.132. The van der Waals surface area contributed by atoms with Gasteiger partial charge in [-0.15, -0.1) is 11.3 Å². The van der Waals surface area contributed by atoms with E-state index >= 15 is 0 Å². The molecule has 2 rings (SSSR count). The molecule has 0 saturated carbocycles. The van der Waals surface area contributed by atoms with E-state index in [1.807, 2.05) is 22.4 Å². The Morgan fingerprint density at radius 1 is 1.56 bits per heavy atom. The van der Waals surface area contributed by atoms with Crippen LogP contribution in [0, 0.1) is 0 Å². The van der Waals surface area contributed by atoms with Crippen molar-refractivity contribution < 1.29 is 9.53 Å². The lowest BCUT2D eigenvalue weighted by atomic mass is 10.1. The maximum absolute atomic E-state index is 12.0. The van der Waals surface area contributed by atoms with Gasteiger partial charge in [-0.3, -0.25) is 4.79 Å². The van der Waals surface area contributed by atoms with E-state index in [1.165, 1.54) is 0 Å². The summed E-state index contributed by atoms with van der Waals surface area (Å²) in [6.45, 7) is 1.67. The lowest BCUT2D eigenvalue weighted by Crippen LogP contribution is -2.41. The quantitative estimate of drug-likeness (QED) is 0.806. The SMILES string of the molecule is COC1CCN(C(=O)Cc2cccs2)CC1. The molecule has 0 unspecified atom stereocenters. The molecule has 0 radical (unpaired) electrons. The number of thiophene rings is 1. The average Bonchev–Trinajstić information content (AvgIpc) is 2.82. The van der Waals surface area contributed by atoms with Gasteiger partial charge in [0.1, 0.15) is 0 Å². The summed E-state index contributed by atoms with van der Waals surface area (Å²) in [5, 5.41) is 2.01. The first-order valence-corrected chi connectivity index (χ1v) is 6.50. The molecule has 1 aliphatic heterocycles. The van der Waals surface area contributed by atoms with Crippen LogP contribution in [-0.2, 0) is 16.0 Å². The summed E-state index contributed by atoms with van der Waals surface area (Å²) >= 11 is 1.65. The Morgan fingerprint density at radius 3 is 2.88 bits per heavy atom. The van der Waals surface area contributed by atoms with Crippen LogP contribution >= 0.6 is 11.3 Å². The van der Waals surface area contributed by atoms with Gasteiger partial charge in [0.25, 0.3) is 0 Å². The van der Waals surface area contributed by atoms with Gasteiger partial charge >= 0.3 is 0 Å². The van der Waals surface area contributed by atoms with E-state index in [1.54, 1.807) is 18.4 Å². The molecule has 0 N–H and O–H groups in total. The van der Waals surface area contributed by atoms with Gasteiger partial charge in [-0.2, -0.15) is 0 Å². The smallest absolute Gasteiger partial charge is 0.227 e. The number of likely N-dealkylation sites (tertiary alicyclic amines) is 1. The van der Waals surface area contributed by atoms with Gasteiger partial charge in [0.15, 0.2) is 0 Å². The molecule has 1 fully saturated rings. The number of amides is 1. The number of piperidine rings is 1. The molecule has 1 aliphatic rings. The summed E-state index contributed by atoms with van der Waals surface area (Å²) in [4.78, 5) is 15.1. The highest BCUT2D eigenvalue weighted by Crippen LogP contribution is 2.16. The van der Waals surface area contributed by atoms with Crippen LogP contribution < -0.4 is 0 Å². The number of methoxy groups -OCH3 is 1. The first-order valence-electron chi connectivity index (χ1n) is 5.62. The highest BCUT2D eigenvalue weighted by molar-refractivity contribution is 7.10. The Kier molecular flexibility index (Phi) is 3.96. The van der Waals surface area contributed by atoms with Crippen molar-refractivity contribution in [1.82, 2.24) is 4.90 Å². The Hall–Kier alpha value is -0.870. The number of hydrogen-bond acceptors (Lipinski definition) is 3. The highest BCUT2D eigenvalue weighted by atomic mass is 32.1. The highest BCUT2D eigenvalue weighted by Gasteiger charge is 2.22. The standard InChI is InChI=1S/C12H17NO2S/c1-15-10-4-6-13(7-5-10)12(14)9-11-3-2-8-16-11/h2-3,8,10H,4-7,9H2,1H3. The van der Waals surface area contributed by atoms with E-state index in [9.17, 15) is 4.79 Å². The number of rotatable bonds is 3. The van der Waals surface area contributed by atoms with E-state index in [-0.39, 0.29) is 5.91 Å². The fourth-order valence-electron chi connectivity index (χ4n) is 2.01. The van der Waals surface area contributed by atoms with Crippen molar-refractivity contribution in [2.24, 2.45) is 0 Å². The molecule has 0 bridgehead atoms. The summed E-state index contributed by atoms with van der Waals surface area (Å²) in [6, 6.07) is 4.01. The second kappa shape index (κ2) is 5.46. The summed E-state index contributed by atoms with van der Waals surface area (Å²) in [5.41, 5.74) is 0. The van der Waals surface area contributed by atoms with Crippen LogP contribution in [0.4, 0.5) is 0 Å². The zero-order chi connectivity index (χ0) is 11.4. The van der Waals surface area contributed by atoms with Crippen LogP contribution in [0.1, 0.15) is 17.7 Å². The minimum atomic E-state index is 0.247. The van der Waals surface area contributed by atoms with E-state index in [2.05, 4.69) is 0 Å². The monoisotopic (exact) mass is 239 g/mol. The minimum absolute atomic E-state index is 0.247. The zero-order valence-electron chi connectivity index (χ0n) is 9.52. The molecule has 0 spiro atoms. The topological polar surface area (TPSA) is 29.5 Å². The zero-order valence-corrected chi connectivity index (χ0v) is 10.3. The summed E-state index contributed by atoms with van der Waals surface area (Å²) in [5.74, 6) is 0.247. The molecule has 1 aromatic rings. The van der Waals surface area contributed by atoms with Crippen LogP contribution in [0.25, 0.3) is 0 Å². The van der Waals surface area contributed by atoms with Gasteiger partial charge in [-0.25, -0.2) is 0 Å². The fourth-order valence-corrected chi connectivity index (χ4v) is 2.71. The molecule has 0 aliphatic carbocycles. The summed E-state index contributed by atoms with van der Waals surface area (Å²) < 4.78 is 5.29. The van der Waals surface area contributed by atoms with Gasteiger partial charge in [-0.05, 0) is 24.3 Å². The molecule has 2 heterocycles. The molecule has 16 heavy (non-hydrogen) atoms. The molecule has 3 nitrogen and oxygen atoms in total. The summed E-state index contributed by atoms with van der Waals surface area (Å²) in [7, 11) is 1.74. The van der Waals surface area contributed by atoms with E-state index in [4.69, 9.17) is 4.74 Å². The molecule has 1 aromatic heterocycles. The van der Waals surface area contributed by atoms with Crippen molar-refractivity contribution >= 4 is 17.2 Å². The van der Waals surface area contributed by atoms with Crippen molar-refractivity contribution in [3.63, 3.8) is 0 Å². The summed E-state index contributed by atoms with van der Waals surface area (Å²) in [6.07, 6.45) is 2.82. The maximum atomic E-state index is 12.0. The third-order valence-electron chi connectivity index (χ3n) is 3.03. The molecule has 4 heteroatoms. The van der Waals surface area contributed by atoms with Crippen LogP contribution in [0.3, 0.4) is 0 Å². The van der Waals surface area contributed by atoms with Gasteiger partial charge in [0, 0.05) is 25.1 Å². The van der Waals surface area contributed by atoms with Crippen molar-refractivity contribution in [3.05, 3.63) is 22.4 Å². The lowest BCUT2D eigenvalue weighted by Gasteiger charge is -2.31. The molecular weight excluding hydrogens is 222 g/mol. The van der Waals surface area contributed by atoms with E-state index in [0.717, 1.165) is 30.8 Å². The average molecular weight is 239 g/mol. The van der Waals surface area contributed by atoms with Gasteiger partial charge in [0.2, 0.25) is 5.91 Å². The fraction of sp³-hybridized carbons (Fsp3) is 0.583. The molecule has 0 aromatic carbocycles. The van der Waals surface area contributed by atoms with Gasteiger partial charge < -0.3 is 9.64 Å². The molecule has 1 amide bonds. The van der Waals surface area contributed by atoms with Gasteiger partial charge in [-0.1, -0.05) is 6.07 Å². The predicted octanol–water partition coefficient (Wildman–Crippen LogP) is 1.93. The van der Waals surface area contributed by atoms with Crippen LogP contribution in [0.2, 0.25) is 0 Å². The molecule has 88 valence electrons. The molecule has 1 saturated heterocycles. The number of hydrogen-bond donors (Lipinski definition) is 0. The maximum Gasteiger partial charge on any atom is 0.227 e.